The van der Waals surface area contributed by atoms with Crippen LogP contribution in [0.3, 0.4) is 0 Å². The number of imidazole rings is 1. The van der Waals surface area contributed by atoms with Crippen LogP contribution in [0.5, 0.6) is 0 Å². The van der Waals surface area contributed by atoms with Crippen LogP contribution >= 0.6 is 0 Å². The summed E-state index contributed by atoms with van der Waals surface area (Å²) in [5.41, 5.74) is 9.02. The number of hydrogen-bond donors (Lipinski definition) is 1. The van der Waals surface area contributed by atoms with Gasteiger partial charge in [0.15, 0.2) is 0 Å². The first-order valence-corrected chi connectivity index (χ1v) is 10.7. The molecule has 0 saturated carbocycles. The van der Waals surface area contributed by atoms with E-state index < -0.39 is 11.0 Å². The monoisotopic (exact) mass is 411 g/mol. The Balaban J connectivity index is 2.24. The molecule has 3 aromatic rings. The minimum Gasteiger partial charge on any atom is -0.382 e. The Kier molecular flexibility index (Phi) is 6.56. The zero-order chi connectivity index (χ0) is 21.0. The largest absolute Gasteiger partial charge is 0.382 e. The van der Waals surface area contributed by atoms with E-state index in [0.717, 1.165) is 30.5 Å². The van der Waals surface area contributed by atoms with Gasteiger partial charge in [0.1, 0.15) is 40.1 Å². The fraction of sp³-hybridized carbons (Fsp3) is 0.286. The van der Waals surface area contributed by atoms with Gasteiger partial charge in [-0.05, 0) is 6.42 Å². The number of benzene rings is 1. The lowest BCUT2D eigenvalue weighted by Gasteiger charge is -2.27. The topological polar surface area (TPSA) is 93.6 Å². The molecule has 2 heterocycles. The number of aromatic nitrogens is 3. The predicted molar refractivity (Wildman–Crippen MR) is 117 cm³/mol. The minimum atomic E-state index is -1.33. The molecule has 0 spiro atoms. The van der Waals surface area contributed by atoms with Gasteiger partial charge >= 0.3 is 0 Å². The maximum absolute atomic E-state index is 12.6. The van der Waals surface area contributed by atoms with Gasteiger partial charge in [-0.15, -0.1) is 0 Å². The molecule has 8 heteroatoms. The van der Waals surface area contributed by atoms with Gasteiger partial charge in [-0.1, -0.05) is 51.1 Å². The van der Waals surface area contributed by atoms with E-state index in [4.69, 9.17) is 10.7 Å². The molecule has 0 aliphatic rings. The zero-order valence-corrected chi connectivity index (χ0v) is 17.4. The van der Waals surface area contributed by atoms with Gasteiger partial charge in [-0.3, -0.25) is 9.20 Å². The quantitative estimate of drug-likeness (QED) is 0.541. The lowest BCUT2D eigenvalue weighted by molar-refractivity contribution is 0.112. The molecule has 0 saturated heterocycles. The average Bonchev–Trinajstić information content (AvgIpc) is 3.14. The molecule has 7 nitrogen and oxygen atoms in total. The molecule has 1 aromatic carbocycles. The summed E-state index contributed by atoms with van der Waals surface area (Å²) in [6, 6.07) is 7.00. The van der Waals surface area contributed by atoms with Gasteiger partial charge in [0.25, 0.3) is 0 Å². The van der Waals surface area contributed by atoms with Crippen LogP contribution in [0, 0.1) is 0 Å². The van der Waals surface area contributed by atoms with E-state index in [1.54, 1.807) is 18.3 Å². The highest BCUT2D eigenvalue weighted by Crippen LogP contribution is 2.34. The molecular formula is C21H25N5O2S. The number of carbonyl (C=O) groups excluding carboxylic acids is 1. The van der Waals surface area contributed by atoms with E-state index in [1.165, 1.54) is 5.41 Å². The molecule has 29 heavy (non-hydrogen) atoms. The first kappa shape index (κ1) is 20.9. The summed E-state index contributed by atoms with van der Waals surface area (Å²) in [4.78, 5) is 20.2. The fourth-order valence-corrected chi connectivity index (χ4v) is 4.38. The van der Waals surface area contributed by atoms with E-state index >= 15 is 0 Å². The highest BCUT2D eigenvalue weighted by Gasteiger charge is 2.28. The van der Waals surface area contributed by atoms with E-state index in [-0.39, 0.29) is 6.04 Å². The second-order valence-electron chi connectivity index (χ2n) is 6.57. The Morgan fingerprint density at radius 2 is 2.03 bits per heavy atom. The third-order valence-electron chi connectivity index (χ3n) is 4.82. The van der Waals surface area contributed by atoms with Crippen molar-refractivity contribution in [3.05, 3.63) is 60.0 Å². The van der Waals surface area contributed by atoms with Gasteiger partial charge in [-0.2, -0.15) is 0 Å². The normalized spacial score (nSPS) is 13.5. The summed E-state index contributed by atoms with van der Waals surface area (Å²) in [6.07, 6.45) is 5.94. The maximum atomic E-state index is 12.6. The molecular weight excluding hydrogens is 386 g/mol. The molecule has 0 aliphatic carbocycles. The molecule has 1 unspecified atom stereocenters. The summed E-state index contributed by atoms with van der Waals surface area (Å²) in [5, 5.41) is 1.44. The van der Waals surface area contributed by atoms with Crippen LogP contribution in [-0.2, 0) is 11.0 Å². The highest BCUT2D eigenvalue weighted by molar-refractivity contribution is 7.85. The molecule has 0 fully saturated rings. The van der Waals surface area contributed by atoms with Crippen LogP contribution in [0.15, 0.2) is 48.6 Å². The van der Waals surface area contributed by atoms with E-state index in [1.807, 2.05) is 34.0 Å². The summed E-state index contributed by atoms with van der Waals surface area (Å²) in [5.74, 6) is 1.12. The molecule has 2 atom stereocenters. The van der Waals surface area contributed by atoms with E-state index in [9.17, 15) is 9.00 Å². The van der Waals surface area contributed by atoms with Gasteiger partial charge in [-0.25, -0.2) is 18.5 Å². The molecule has 152 valence electrons. The smallest absolute Gasteiger partial charge is 0.150 e. The van der Waals surface area contributed by atoms with Crippen LogP contribution in [0.4, 0.5) is 5.82 Å². The first-order valence-electron chi connectivity index (χ1n) is 9.53. The second-order valence-corrected chi connectivity index (χ2v) is 7.92. The van der Waals surface area contributed by atoms with Crippen LogP contribution in [0.2, 0.25) is 0 Å². The predicted octanol–water partition coefficient (Wildman–Crippen LogP) is 3.76. The number of nitrogens with two attached hydrogens (primary N) is 1. The number of hydrogen-bond acceptors (Lipinski definition) is 5. The lowest BCUT2D eigenvalue weighted by atomic mass is 10.1. The Morgan fingerprint density at radius 3 is 2.62 bits per heavy atom. The third-order valence-corrected chi connectivity index (χ3v) is 6.08. The second kappa shape index (κ2) is 9.11. The van der Waals surface area contributed by atoms with Crippen LogP contribution in [-0.4, -0.2) is 35.7 Å². The Morgan fingerprint density at radius 1 is 1.31 bits per heavy atom. The first-order chi connectivity index (χ1) is 14.0. The van der Waals surface area contributed by atoms with Crippen molar-refractivity contribution in [3.63, 3.8) is 0 Å². The third kappa shape index (κ3) is 3.99. The summed E-state index contributed by atoms with van der Waals surface area (Å²) in [7, 11) is -1.33. The van der Waals surface area contributed by atoms with Crippen molar-refractivity contribution in [1.29, 1.82) is 0 Å². The summed E-state index contributed by atoms with van der Waals surface area (Å²) in [6.45, 7) is 8.32. The molecule has 2 N–H and O–H groups in total. The van der Waals surface area contributed by atoms with Crippen LogP contribution in [0.1, 0.15) is 48.9 Å². The van der Waals surface area contributed by atoms with Crippen molar-refractivity contribution < 1.29 is 9.00 Å². The van der Waals surface area contributed by atoms with Crippen molar-refractivity contribution in [1.82, 2.24) is 18.7 Å². The maximum Gasteiger partial charge on any atom is 0.150 e. The van der Waals surface area contributed by atoms with Gasteiger partial charge in [0, 0.05) is 35.5 Å². The van der Waals surface area contributed by atoms with Crippen molar-refractivity contribution in [3.8, 4) is 11.3 Å². The number of nitrogen functional groups attached to an aromatic ring is 1. The average molecular weight is 412 g/mol. The minimum absolute atomic E-state index is 0.180. The fourth-order valence-electron chi connectivity index (χ4n) is 3.49. The molecule has 0 amide bonds. The Labute approximate surface area is 172 Å². The van der Waals surface area contributed by atoms with Crippen LogP contribution in [0.25, 0.3) is 16.8 Å². The molecule has 2 aromatic heterocycles. The number of aldehydes is 1. The standard InChI is InChI=1S/C21H25N5O2S/c1-4-7-17(26(5-2)29(28)6-3)21-24-18(16-10-8-15(14-27)9-11-16)19-20(22)23-12-13-25(19)21/h6,8-14,17H,3-5,7H2,1-2H3,(H2,22,23)/t17-,29?/m0/s1. The van der Waals surface area contributed by atoms with Crippen molar-refractivity contribution >= 4 is 28.6 Å². The molecule has 0 bridgehead atoms. The summed E-state index contributed by atoms with van der Waals surface area (Å²) < 4.78 is 16.4. The number of fused-ring (bicyclic) bond motifs is 1. The zero-order valence-electron chi connectivity index (χ0n) is 16.6. The Bertz CT molecular complexity index is 1050. The number of carbonyl (C=O) groups is 1. The SMILES string of the molecule is C=CS(=O)N(CC)[C@@H](CCC)c1nc(-c2ccc(C=O)cc2)c2c(N)nccn12. The Hall–Kier alpha value is -2.84. The van der Waals surface area contributed by atoms with E-state index in [2.05, 4.69) is 18.5 Å². The molecule has 3 rings (SSSR count). The highest BCUT2D eigenvalue weighted by atomic mass is 32.2. The van der Waals surface area contributed by atoms with Crippen LogP contribution < -0.4 is 5.73 Å². The molecule has 0 aliphatic heterocycles. The number of nitrogens with zero attached hydrogens (tertiary/aromatic N) is 4. The summed E-state index contributed by atoms with van der Waals surface area (Å²) >= 11 is 0. The van der Waals surface area contributed by atoms with Crippen molar-refractivity contribution in [2.24, 2.45) is 0 Å². The molecule has 0 radical (unpaired) electrons. The van der Waals surface area contributed by atoms with Gasteiger partial charge in [0.2, 0.25) is 0 Å². The van der Waals surface area contributed by atoms with E-state index in [0.29, 0.717) is 29.1 Å². The van der Waals surface area contributed by atoms with Gasteiger partial charge < -0.3 is 5.73 Å². The lowest BCUT2D eigenvalue weighted by Crippen LogP contribution is -2.31. The number of anilines is 1. The van der Waals surface area contributed by atoms with Crippen molar-refractivity contribution in [2.75, 3.05) is 12.3 Å². The number of rotatable bonds is 9. The van der Waals surface area contributed by atoms with Crippen molar-refractivity contribution in [2.45, 2.75) is 32.7 Å². The van der Waals surface area contributed by atoms with Gasteiger partial charge in [0.05, 0.1) is 6.04 Å².